The lowest BCUT2D eigenvalue weighted by Crippen LogP contribution is -2.07. The number of hydrogen-bond acceptors (Lipinski definition) is 5. The number of methoxy groups -OCH3 is 1. The Labute approximate surface area is 155 Å². The van der Waals surface area contributed by atoms with Crippen LogP contribution >= 0.6 is 11.3 Å². The van der Waals surface area contributed by atoms with Gasteiger partial charge in [-0.2, -0.15) is 0 Å². The van der Waals surface area contributed by atoms with E-state index in [1.54, 1.807) is 31.4 Å². The second kappa shape index (κ2) is 8.31. The number of thiazole rings is 1. The number of nitrogens with zero attached hydrogens (tertiary/aromatic N) is 1. The van der Waals surface area contributed by atoms with Crippen LogP contribution in [0.3, 0.4) is 0 Å². The zero-order valence-electron chi connectivity index (χ0n) is 14.3. The number of benzene rings is 2. The Kier molecular flexibility index (Phi) is 5.66. The van der Waals surface area contributed by atoms with E-state index in [0.717, 1.165) is 15.8 Å². The van der Waals surface area contributed by atoms with Gasteiger partial charge in [-0.15, -0.1) is 0 Å². The number of rotatable bonds is 7. The third kappa shape index (κ3) is 4.29. The van der Waals surface area contributed by atoms with Gasteiger partial charge in [-0.3, -0.25) is 10.1 Å². The fourth-order valence-corrected chi connectivity index (χ4v) is 3.17. The van der Waals surface area contributed by atoms with Crippen LogP contribution in [0, 0.1) is 0 Å². The van der Waals surface area contributed by atoms with Gasteiger partial charge in [0.25, 0.3) is 0 Å². The van der Waals surface area contributed by atoms with Gasteiger partial charge in [0, 0.05) is 6.08 Å². The summed E-state index contributed by atoms with van der Waals surface area (Å²) >= 11 is 1.44. The van der Waals surface area contributed by atoms with Crippen molar-refractivity contribution in [2.75, 3.05) is 19.0 Å². The molecule has 0 atom stereocenters. The first-order chi connectivity index (χ1) is 12.7. The molecule has 1 aromatic heterocycles. The number of nitrogens with one attached hydrogen (secondary N) is 1. The van der Waals surface area contributed by atoms with E-state index in [4.69, 9.17) is 9.47 Å². The van der Waals surface area contributed by atoms with E-state index in [1.807, 2.05) is 30.3 Å². The monoisotopic (exact) mass is 366 g/mol. The average molecular weight is 366 g/mol. The molecule has 0 bridgehead atoms. The first kappa shape index (κ1) is 17.7. The number of carbonyl (C=O) groups is 1. The Morgan fingerprint density at radius 2 is 2.12 bits per heavy atom. The molecule has 0 saturated carbocycles. The topological polar surface area (TPSA) is 60.5 Å². The Balaban J connectivity index is 1.68. The van der Waals surface area contributed by atoms with Crippen molar-refractivity contribution in [1.29, 1.82) is 0 Å². The van der Waals surface area contributed by atoms with Gasteiger partial charge in [-0.05, 0) is 35.9 Å². The predicted molar refractivity (Wildman–Crippen MR) is 106 cm³/mol. The largest absolute Gasteiger partial charge is 0.493 e. The number of hydrogen-bond donors (Lipinski definition) is 1. The van der Waals surface area contributed by atoms with Gasteiger partial charge >= 0.3 is 0 Å². The minimum absolute atomic E-state index is 0.241. The molecule has 5 nitrogen and oxygen atoms in total. The van der Waals surface area contributed by atoms with Crippen molar-refractivity contribution >= 4 is 38.7 Å². The summed E-state index contributed by atoms with van der Waals surface area (Å²) in [5.41, 5.74) is 1.70. The second-order valence-electron chi connectivity index (χ2n) is 5.32. The van der Waals surface area contributed by atoms with Gasteiger partial charge in [0.1, 0.15) is 6.61 Å². The summed E-state index contributed by atoms with van der Waals surface area (Å²) in [7, 11) is 1.57. The third-order valence-corrected chi connectivity index (χ3v) is 4.45. The molecule has 0 radical (unpaired) electrons. The fraction of sp³-hybridized carbons (Fsp3) is 0.100. The van der Waals surface area contributed by atoms with Crippen molar-refractivity contribution in [3.8, 4) is 11.5 Å². The maximum atomic E-state index is 12.1. The fourth-order valence-electron chi connectivity index (χ4n) is 2.30. The zero-order chi connectivity index (χ0) is 18.4. The molecule has 0 unspecified atom stereocenters. The van der Waals surface area contributed by atoms with Gasteiger partial charge in [-0.25, -0.2) is 4.98 Å². The molecule has 132 valence electrons. The molecule has 26 heavy (non-hydrogen) atoms. The quantitative estimate of drug-likeness (QED) is 0.493. The molecule has 0 aliphatic rings. The summed E-state index contributed by atoms with van der Waals surface area (Å²) in [5.74, 6) is 0.985. The third-order valence-electron chi connectivity index (χ3n) is 3.50. The number of carbonyl (C=O) groups excluding carboxylic acids is 1. The molecule has 1 heterocycles. The summed E-state index contributed by atoms with van der Waals surface area (Å²) < 4.78 is 11.9. The zero-order valence-corrected chi connectivity index (χ0v) is 15.1. The molecule has 3 aromatic rings. The molecule has 1 amide bonds. The average Bonchev–Trinajstić information content (AvgIpc) is 3.07. The first-order valence-corrected chi connectivity index (χ1v) is 8.77. The van der Waals surface area contributed by atoms with Crippen molar-refractivity contribution in [3.63, 3.8) is 0 Å². The van der Waals surface area contributed by atoms with Crippen LogP contribution in [0.1, 0.15) is 5.56 Å². The van der Waals surface area contributed by atoms with Gasteiger partial charge < -0.3 is 9.47 Å². The lowest BCUT2D eigenvalue weighted by atomic mass is 10.2. The maximum absolute atomic E-state index is 12.1. The molecular weight excluding hydrogens is 348 g/mol. The lowest BCUT2D eigenvalue weighted by Gasteiger charge is -2.09. The van der Waals surface area contributed by atoms with Gasteiger partial charge in [0.05, 0.1) is 17.3 Å². The molecule has 0 spiro atoms. The van der Waals surface area contributed by atoms with Crippen LogP contribution in [0.15, 0.2) is 61.2 Å². The normalized spacial score (nSPS) is 10.8. The molecular formula is C20H18N2O3S. The highest BCUT2D eigenvalue weighted by Crippen LogP contribution is 2.29. The number of para-hydroxylation sites is 1. The summed E-state index contributed by atoms with van der Waals surface area (Å²) in [6.45, 7) is 4.02. The SMILES string of the molecule is C=CCOc1ccc(/C=C/C(=O)Nc2nc3ccccc3s2)cc1OC. The molecule has 3 rings (SSSR count). The van der Waals surface area contributed by atoms with E-state index < -0.39 is 0 Å². The molecule has 0 fully saturated rings. The molecule has 0 aliphatic heterocycles. The van der Waals surface area contributed by atoms with E-state index in [0.29, 0.717) is 23.2 Å². The van der Waals surface area contributed by atoms with Gasteiger partial charge in [0.2, 0.25) is 5.91 Å². The van der Waals surface area contributed by atoms with Crippen LogP contribution in [-0.2, 0) is 4.79 Å². The highest BCUT2D eigenvalue weighted by atomic mass is 32.1. The Bertz CT molecular complexity index is 930. The Morgan fingerprint density at radius 3 is 2.88 bits per heavy atom. The van der Waals surface area contributed by atoms with Gasteiger partial charge in [-0.1, -0.05) is 42.2 Å². The highest BCUT2D eigenvalue weighted by molar-refractivity contribution is 7.22. The summed E-state index contributed by atoms with van der Waals surface area (Å²) in [6.07, 6.45) is 4.84. The van der Waals surface area contributed by atoms with Crippen LogP contribution in [0.4, 0.5) is 5.13 Å². The summed E-state index contributed by atoms with van der Waals surface area (Å²) in [6, 6.07) is 13.2. The lowest BCUT2D eigenvalue weighted by molar-refractivity contribution is -0.111. The molecule has 1 N–H and O–H groups in total. The Morgan fingerprint density at radius 1 is 1.27 bits per heavy atom. The first-order valence-electron chi connectivity index (χ1n) is 7.96. The van der Waals surface area contributed by atoms with E-state index in [-0.39, 0.29) is 5.91 Å². The number of anilines is 1. The standard InChI is InChI=1S/C20H18N2O3S/c1-3-12-25-16-10-8-14(13-17(16)24-2)9-11-19(23)22-20-21-15-6-4-5-7-18(15)26-20/h3-11,13H,1,12H2,2H3,(H,21,22,23)/b11-9+. The van der Waals surface area contributed by atoms with Crippen molar-refractivity contribution in [2.24, 2.45) is 0 Å². The minimum Gasteiger partial charge on any atom is -0.493 e. The predicted octanol–water partition coefficient (Wildman–Crippen LogP) is 4.52. The maximum Gasteiger partial charge on any atom is 0.250 e. The smallest absolute Gasteiger partial charge is 0.250 e. The van der Waals surface area contributed by atoms with Crippen molar-refractivity contribution in [2.45, 2.75) is 0 Å². The van der Waals surface area contributed by atoms with E-state index in [2.05, 4.69) is 16.9 Å². The van der Waals surface area contributed by atoms with E-state index in [1.165, 1.54) is 17.4 Å². The highest BCUT2D eigenvalue weighted by Gasteiger charge is 2.06. The Hall–Kier alpha value is -3.12. The molecule has 0 aliphatic carbocycles. The molecule has 6 heteroatoms. The molecule has 0 saturated heterocycles. The number of amides is 1. The number of fused-ring (bicyclic) bond motifs is 1. The van der Waals surface area contributed by atoms with E-state index >= 15 is 0 Å². The van der Waals surface area contributed by atoms with Gasteiger partial charge in [0.15, 0.2) is 16.6 Å². The number of ether oxygens (including phenoxy) is 2. The van der Waals surface area contributed by atoms with Crippen LogP contribution in [-0.4, -0.2) is 24.6 Å². The van der Waals surface area contributed by atoms with Crippen LogP contribution < -0.4 is 14.8 Å². The van der Waals surface area contributed by atoms with Crippen molar-refractivity contribution in [1.82, 2.24) is 4.98 Å². The van der Waals surface area contributed by atoms with Crippen LogP contribution in [0.5, 0.6) is 11.5 Å². The van der Waals surface area contributed by atoms with E-state index in [9.17, 15) is 4.79 Å². The molecule has 2 aromatic carbocycles. The van der Waals surface area contributed by atoms with Crippen molar-refractivity contribution in [3.05, 3.63) is 66.8 Å². The number of aromatic nitrogens is 1. The second-order valence-corrected chi connectivity index (χ2v) is 6.35. The van der Waals surface area contributed by atoms with Crippen LogP contribution in [0.25, 0.3) is 16.3 Å². The summed E-state index contributed by atoms with van der Waals surface area (Å²) in [4.78, 5) is 16.5. The minimum atomic E-state index is -0.241. The van der Waals surface area contributed by atoms with Crippen LogP contribution in [0.2, 0.25) is 0 Å². The summed E-state index contributed by atoms with van der Waals surface area (Å²) in [5, 5.41) is 3.36. The van der Waals surface area contributed by atoms with Crippen molar-refractivity contribution < 1.29 is 14.3 Å².